The summed E-state index contributed by atoms with van der Waals surface area (Å²) in [4.78, 5) is 0. The van der Waals surface area contributed by atoms with Crippen LogP contribution in [0.4, 0.5) is 0 Å². The van der Waals surface area contributed by atoms with E-state index in [1.807, 2.05) is 19.1 Å². The topological polar surface area (TPSA) is 18.5 Å². The molecule has 0 saturated carbocycles. The molecule has 90 valence electrons. The summed E-state index contributed by atoms with van der Waals surface area (Å²) < 4.78 is 11.1. The van der Waals surface area contributed by atoms with Crippen LogP contribution in [0.15, 0.2) is 36.4 Å². The van der Waals surface area contributed by atoms with Crippen LogP contribution in [0.1, 0.15) is 20.3 Å². The molecule has 0 N–H and O–H groups in total. The van der Waals surface area contributed by atoms with E-state index in [0.29, 0.717) is 6.61 Å². The van der Waals surface area contributed by atoms with E-state index in [0.717, 1.165) is 24.5 Å². The van der Waals surface area contributed by atoms with Crippen LogP contribution in [-0.2, 0) is 0 Å². The second-order valence-corrected chi connectivity index (χ2v) is 3.95. The number of hydrogen-bond donors (Lipinski definition) is 0. The highest BCUT2D eigenvalue weighted by molar-refractivity contribution is 5.85. The predicted octanol–water partition coefficient (Wildman–Crippen LogP) is 4.03. The van der Waals surface area contributed by atoms with Gasteiger partial charge in [-0.15, -0.1) is 0 Å². The second kappa shape index (κ2) is 5.58. The number of fused-ring (bicyclic) bond motifs is 1. The standard InChI is InChI=1S/C15H18O2/c1-3-9-17-15-8-6-12-10-14(16-4-2)7-5-13(12)11-15/h5-8,10-11H,3-4,9H2,1-2H3. The molecule has 0 unspecified atom stereocenters. The molecule has 2 rings (SSSR count). The molecule has 0 saturated heterocycles. The van der Waals surface area contributed by atoms with Gasteiger partial charge in [-0.05, 0) is 48.4 Å². The summed E-state index contributed by atoms with van der Waals surface area (Å²) in [6.07, 6.45) is 1.03. The van der Waals surface area contributed by atoms with Crippen molar-refractivity contribution in [3.63, 3.8) is 0 Å². The van der Waals surface area contributed by atoms with Crippen molar-refractivity contribution in [3.05, 3.63) is 36.4 Å². The lowest BCUT2D eigenvalue weighted by atomic mass is 10.1. The Balaban J connectivity index is 2.26. The van der Waals surface area contributed by atoms with Crippen molar-refractivity contribution in [1.29, 1.82) is 0 Å². The van der Waals surface area contributed by atoms with Crippen LogP contribution in [0.2, 0.25) is 0 Å². The molecule has 0 heterocycles. The molecule has 2 aromatic rings. The van der Waals surface area contributed by atoms with Crippen LogP contribution < -0.4 is 9.47 Å². The minimum absolute atomic E-state index is 0.698. The molecule has 0 aromatic heterocycles. The molecule has 0 aliphatic heterocycles. The molecule has 17 heavy (non-hydrogen) atoms. The smallest absolute Gasteiger partial charge is 0.119 e. The fourth-order valence-corrected chi connectivity index (χ4v) is 1.77. The lowest BCUT2D eigenvalue weighted by molar-refractivity contribution is 0.318. The Hall–Kier alpha value is -1.70. The first-order valence-electron chi connectivity index (χ1n) is 6.13. The van der Waals surface area contributed by atoms with Gasteiger partial charge < -0.3 is 9.47 Å². The highest BCUT2D eigenvalue weighted by Gasteiger charge is 1.99. The van der Waals surface area contributed by atoms with Crippen molar-refractivity contribution in [1.82, 2.24) is 0 Å². The average molecular weight is 230 g/mol. The quantitative estimate of drug-likeness (QED) is 0.772. The van der Waals surface area contributed by atoms with Crippen molar-refractivity contribution < 1.29 is 9.47 Å². The van der Waals surface area contributed by atoms with Crippen molar-refractivity contribution in [2.45, 2.75) is 20.3 Å². The molecule has 2 heteroatoms. The Labute approximate surface area is 102 Å². The molecular formula is C15H18O2. The van der Waals surface area contributed by atoms with Gasteiger partial charge in [-0.25, -0.2) is 0 Å². The Morgan fingerprint density at radius 1 is 0.824 bits per heavy atom. The SMILES string of the molecule is CCCOc1ccc2cc(OCC)ccc2c1. The Morgan fingerprint density at radius 3 is 1.94 bits per heavy atom. The van der Waals surface area contributed by atoms with E-state index in [1.165, 1.54) is 10.8 Å². The number of ether oxygens (including phenoxy) is 2. The minimum atomic E-state index is 0.698. The Bertz CT molecular complexity index is 491. The Kier molecular flexibility index (Phi) is 3.86. The largest absolute Gasteiger partial charge is 0.494 e. The van der Waals surface area contributed by atoms with Gasteiger partial charge in [-0.3, -0.25) is 0 Å². The van der Waals surface area contributed by atoms with E-state index in [1.54, 1.807) is 0 Å². The zero-order chi connectivity index (χ0) is 12.1. The molecule has 0 bridgehead atoms. The average Bonchev–Trinajstić information content (AvgIpc) is 2.36. The third-order valence-electron chi connectivity index (χ3n) is 2.57. The lowest BCUT2D eigenvalue weighted by Gasteiger charge is -2.07. The number of rotatable bonds is 5. The summed E-state index contributed by atoms with van der Waals surface area (Å²) in [6, 6.07) is 12.3. The van der Waals surface area contributed by atoms with Crippen molar-refractivity contribution >= 4 is 10.8 Å². The number of benzene rings is 2. The molecule has 2 aromatic carbocycles. The Morgan fingerprint density at radius 2 is 1.41 bits per heavy atom. The van der Waals surface area contributed by atoms with Gasteiger partial charge in [-0.2, -0.15) is 0 Å². The maximum absolute atomic E-state index is 5.61. The maximum Gasteiger partial charge on any atom is 0.119 e. The summed E-state index contributed by atoms with van der Waals surface area (Å²) in [5.74, 6) is 1.85. The molecule has 0 fully saturated rings. The summed E-state index contributed by atoms with van der Waals surface area (Å²) >= 11 is 0. The van der Waals surface area contributed by atoms with Crippen LogP contribution in [0.5, 0.6) is 11.5 Å². The lowest BCUT2D eigenvalue weighted by Crippen LogP contribution is -1.94. The maximum atomic E-state index is 5.61. The van der Waals surface area contributed by atoms with Crippen molar-refractivity contribution in [2.75, 3.05) is 13.2 Å². The summed E-state index contributed by atoms with van der Waals surface area (Å²) in [5.41, 5.74) is 0. The van der Waals surface area contributed by atoms with E-state index >= 15 is 0 Å². The minimum Gasteiger partial charge on any atom is -0.494 e. The monoisotopic (exact) mass is 230 g/mol. The molecule has 0 aliphatic carbocycles. The first-order chi connectivity index (χ1) is 8.33. The highest BCUT2D eigenvalue weighted by Crippen LogP contribution is 2.25. The summed E-state index contributed by atoms with van der Waals surface area (Å²) in [7, 11) is 0. The van der Waals surface area contributed by atoms with Crippen LogP contribution in [0.3, 0.4) is 0 Å². The molecule has 0 radical (unpaired) electrons. The van der Waals surface area contributed by atoms with Crippen molar-refractivity contribution in [3.8, 4) is 11.5 Å². The second-order valence-electron chi connectivity index (χ2n) is 3.95. The molecule has 0 amide bonds. The predicted molar refractivity (Wildman–Crippen MR) is 70.9 cm³/mol. The molecule has 0 spiro atoms. The fraction of sp³-hybridized carbons (Fsp3) is 0.333. The van der Waals surface area contributed by atoms with E-state index in [2.05, 4.69) is 31.2 Å². The van der Waals surface area contributed by atoms with Gasteiger partial charge >= 0.3 is 0 Å². The van der Waals surface area contributed by atoms with Gasteiger partial charge in [0.1, 0.15) is 11.5 Å². The van der Waals surface area contributed by atoms with E-state index in [9.17, 15) is 0 Å². The van der Waals surface area contributed by atoms with Gasteiger partial charge in [0, 0.05) is 0 Å². The summed E-state index contributed by atoms with van der Waals surface area (Å²) in [6.45, 7) is 5.56. The van der Waals surface area contributed by atoms with Crippen LogP contribution >= 0.6 is 0 Å². The zero-order valence-corrected chi connectivity index (χ0v) is 10.4. The molecule has 2 nitrogen and oxygen atoms in total. The first kappa shape index (κ1) is 11.8. The van der Waals surface area contributed by atoms with Gasteiger partial charge in [0.15, 0.2) is 0 Å². The third-order valence-corrected chi connectivity index (χ3v) is 2.57. The number of hydrogen-bond acceptors (Lipinski definition) is 2. The summed E-state index contributed by atoms with van der Waals surface area (Å²) in [5, 5.41) is 2.36. The van der Waals surface area contributed by atoms with E-state index in [4.69, 9.17) is 9.47 Å². The first-order valence-corrected chi connectivity index (χ1v) is 6.13. The van der Waals surface area contributed by atoms with Crippen LogP contribution in [0.25, 0.3) is 10.8 Å². The van der Waals surface area contributed by atoms with Crippen LogP contribution in [-0.4, -0.2) is 13.2 Å². The van der Waals surface area contributed by atoms with E-state index < -0.39 is 0 Å². The molecular weight excluding hydrogens is 212 g/mol. The fourth-order valence-electron chi connectivity index (χ4n) is 1.77. The molecule has 0 aliphatic rings. The van der Waals surface area contributed by atoms with Gasteiger partial charge in [0.05, 0.1) is 13.2 Å². The zero-order valence-electron chi connectivity index (χ0n) is 10.4. The molecule has 0 atom stereocenters. The van der Waals surface area contributed by atoms with E-state index in [-0.39, 0.29) is 0 Å². The van der Waals surface area contributed by atoms with Gasteiger partial charge in [-0.1, -0.05) is 19.1 Å². The highest BCUT2D eigenvalue weighted by atomic mass is 16.5. The van der Waals surface area contributed by atoms with Crippen LogP contribution in [0, 0.1) is 0 Å². The third kappa shape index (κ3) is 2.90. The van der Waals surface area contributed by atoms with Gasteiger partial charge in [0.25, 0.3) is 0 Å². The normalized spacial score (nSPS) is 10.5. The van der Waals surface area contributed by atoms with Crippen molar-refractivity contribution in [2.24, 2.45) is 0 Å². The van der Waals surface area contributed by atoms with Gasteiger partial charge in [0.2, 0.25) is 0 Å².